The SMILES string of the molecule is CC[N+](C)(C)CCCC(=O)O.O=C([O-])/C=C/C(=O)[O-].[H+]. The van der Waals surface area contributed by atoms with Gasteiger partial charge in [0, 0.05) is 6.42 Å². The van der Waals surface area contributed by atoms with Crippen molar-refractivity contribution in [3.63, 3.8) is 0 Å². The molecule has 0 saturated carbocycles. The van der Waals surface area contributed by atoms with Crippen LogP contribution in [-0.4, -0.2) is 54.7 Å². The topological polar surface area (TPSA) is 118 Å². The molecule has 0 saturated heterocycles. The Labute approximate surface area is 113 Å². The van der Waals surface area contributed by atoms with E-state index in [2.05, 4.69) is 21.0 Å². The molecule has 7 heteroatoms. The molecule has 0 aromatic rings. The van der Waals surface area contributed by atoms with Crippen LogP contribution in [0.5, 0.6) is 0 Å². The van der Waals surface area contributed by atoms with Crippen LogP contribution in [0.2, 0.25) is 0 Å². The van der Waals surface area contributed by atoms with Crippen LogP contribution in [0.3, 0.4) is 0 Å². The van der Waals surface area contributed by atoms with Crippen LogP contribution in [0.1, 0.15) is 21.2 Å². The van der Waals surface area contributed by atoms with Gasteiger partial charge in [-0.15, -0.1) is 0 Å². The maximum Gasteiger partial charge on any atom is 1.00 e. The normalized spacial score (nSPS) is 10.7. The van der Waals surface area contributed by atoms with Crippen LogP contribution in [0, 0.1) is 0 Å². The molecular formula is C12H21NO6. The molecule has 0 aromatic heterocycles. The minimum atomic E-state index is -1.55. The molecule has 0 unspecified atom stereocenters. The number of carboxylic acids is 3. The Bertz CT molecular complexity index is 325. The maximum atomic E-state index is 10.2. The van der Waals surface area contributed by atoms with Crippen molar-refractivity contribution in [3.8, 4) is 0 Å². The van der Waals surface area contributed by atoms with Gasteiger partial charge in [0.15, 0.2) is 0 Å². The van der Waals surface area contributed by atoms with Gasteiger partial charge in [0.25, 0.3) is 0 Å². The van der Waals surface area contributed by atoms with Gasteiger partial charge < -0.3 is 29.4 Å². The summed E-state index contributed by atoms with van der Waals surface area (Å²) in [6.07, 6.45) is 1.84. The molecule has 0 heterocycles. The van der Waals surface area contributed by atoms with E-state index in [0.29, 0.717) is 18.6 Å². The first-order valence-corrected chi connectivity index (χ1v) is 5.74. The summed E-state index contributed by atoms with van der Waals surface area (Å²) in [7, 11) is 4.23. The van der Waals surface area contributed by atoms with Crippen molar-refractivity contribution in [1.82, 2.24) is 0 Å². The summed E-state index contributed by atoms with van der Waals surface area (Å²) in [5.74, 6) is -3.79. The van der Waals surface area contributed by atoms with Crippen LogP contribution in [0.25, 0.3) is 0 Å². The molecule has 7 nitrogen and oxygen atoms in total. The highest BCUT2D eigenvalue weighted by Gasteiger charge is 2.11. The van der Waals surface area contributed by atoms with Crippen LogP contribution in [0.4, 0.5) is 0 Å². The molecule has 0 aliphatic heterocycles. The standard InChI is InChI=1S/C8H17NO2.C4H4O4/c1-4-9(2,3)7-5-6-8(10)11;5-3(6)1-2-4(7)8/h4-7H2,1-3H3;1-2H,(H,5,6)(H,7,8)/b;2-1+. The molecule has 0 aliphatic carbocycles. The van der Waals surface area contributed by atoms with Gasteiger partial charge in [0.2, 0.25) is 0 Å². The van der Waals surface area contributed by atoms with Gasteiger partial charge in [0.05, 0.1) is 45.5 Å². The first-order valence-electron chi connectivity index (χ1n) is 5.74. The average Bonchev–Trinajstić information content (AvgIpc) is 2.26. The van der Waals surface area contributed by atoms with Crippen molar-refractivity contribution in [2.75, 3.05) is 27.2 Å². The van der Waals surface area contributed by atoms with Gasteiger partial charge in [-0.3, -0.25) is 4.79 Å². The highest BCUT2D eigenvalue weighted by Crippen LogP contribution is 2.00. The summed E-state index contributed by atoms with van der Waals surface area (Å²) in [4.78, 5) is 29.0. The number of carboxylic acid groups (broad SMARTS) is 3. The fraction of sp³-hybridized carbons (Fsp3) is 0.583. The van der Waals surface area contributed by atoms with E-state index in [4.69, 9.17) is 5.11 Å². The van der Waals surface area contributed by atoms with Crippen molar-refractivity contribution in [2.24, 2.45) is 0 Å². The molecule has 0 fully saturated rings. The van der Waals surface area contributed by atoms with E-state index >= 15 is 0 Å². The zero-order valence-corrected chi connectivity index (χ0v) is 11.4. The van der Waals surface area contributed by atoms with E-state index in [-0.39, 0.29) is 1.43 Å². The summed E-state index contributed by atoms with van der Waals surface area (Å²) in [5.41, 5.74) is 0. The van der Waals surface area contributed by atoms with Gasteiger partial charge in [-0.25, -0.2) is 0 Å². The second-order valence-corrected chi connectivity index (χ2v) is 4.44. The molecule has 0 aliphatic rings. The van der Waals surface area contributed by atoms with Crippen molar-refractivity contribution in [1.29, 1.82) is 0 Å². The predicted molar refractivity (Wildman–Crippen MR) is 64.7 cm³/mol. The Morgan fingerprint density at radius 2 is 1.58 bits per heavy atom. The lowest BCUT2D eigenvalue weighted by Gasteiger charge is -2.27. The monoisotopic (exact) mass is 275 g/mol. The zero-order chi connectivity index (χ0) is 15.5. The van der Waals surface area contributed by atoms with E-state index < -0.39 is 17.9 Å². The van der Waals surface area contributed by atoms with Crippen molar-refractivity contribution < 1.29 is 35.6 Å². The number of quaternary nitrogens is 1. The van der Waals surface area contributed by atoms with Gasteiger partial charge in [-0.2, -0.15) is 0 Å². The maximum absolute atomic E-state index is 10.2. The minimum Gasteiger partial charge on any atom is -0.545 e. The highest BCUT2D eigenvalue weighted by atomic mass is 16.4. The van der Waals surface area contributed by atoms with E-state index in [9.17, 15) is 24.6 Å². The lowest BCUT2D eigenvalue weighted by molar-refractivity contribution is -0.888. The van der Waals surface area contributed by atoms with Crippen molar-refractivity contribution in [3.05, 3.63) is 12.2 Å². The molecule has 0 atom stereocenters. The lowest BCUT2D eigenvalue weighted by atomic mass is 10.3. The quantitative estimate of drug-likeness (QED) is 0.428. The lowest BCUT2D eigenvalue weighted by Crippen LogP contribution is -2.40. The van der Waals surface area contributed by atoms with Crippen LogP contribution in [0.15, 0.2) is 12.2 Å². The van der Waals surface area contributed by atoms with E-state index in [1.807, 2.05) is 0 Å². The molecule has 0 aromatic carbocycles. The Morgan fingerprint density at radius 3 is 1.84 bits per heavy atom. The molecule has 1 N–H and O–H groups in total. The van der Waals surface area contributed by atoms with Crippen molar-refractivity contribution in [2.45, 2.75) is 19.8 Å². The zero-order valence-electron chi connectivity index (χ0n) is 12.4. The second kappa shape index (κ2) is 10.1. The highest BCUT2D eigenvalue weighted by molar-refractivity contribution is 5.87. The Hall–Kier alpha value is -1.89. The number of aliphatic carboxylic acids is 3. The van der Waals surface area contributed by atoms with E-state index in [0.717, 1.165) is 24.0 Å². The average molecular weight is 275 g/mol. The first-order chi connectivity index (χ1) is 8.60. The summed E-state index contributed by atoms with van der Waals surface area (Å²) in [5, 5.41) is 27.2. The molecule has 0 amide bonds. The summed E-state index contributed by atoms with van der Waals surface area (Å²) in [6, 6.07) is 0. The first kappa shape index (κ1) is 19.4. The van der Waals surface area contributed by atoms with E-state index in [1.165, 1.54) is 0 Å². The molecule has 19 heavy (non-hydrogen) atoms. The molecule has 0 rings (SSSR count). The Morgan fingerprint density at radius 1 is 1.16 bits per heavy atom. The largest absolute Gasteiger partial charge is 1.00 e. The third-order valence-corrected chi connectivity index (χ3v) is 2.37. The predicted octanol–water partition coefficient (Wildman–Crippen LogP) is -1.90. The Balaban J connectivity index is -0.000000288. The number of rotatable bonds is 7. The third-order valence-electron chi connectivity index (χ3n) is 2.37. The van der Waals surface area contributed by atoms with Gasteiger partial charge in [0.1, 0.15) is 0 Å². The number of hydrogen-bond donors (Lipinski definition) is 1. The van der Waals surface area contributed by atoms with Crippen LogP contribution >= 0.6 is 0 Å². The van der Waals surface area contributed by atoms with Crippen molar-refractivity contribution >= 4 is 17.9 Å². The summed E-state index contributed by atoms with van der Waals surface area (Å²) in [6.45, 7) is 4.11. The van der Waals surface area contributed by atoms with E-state index in [1.54, 1.807) is 0 Å². The number of hydrogen-bond acceptors (Lipinski definition) is 5. The minimum absolute atomic E-state index is 0. The van der Waals surface area contributed by atoms with Gasteiger partial charge in [-0.1, -0.05) is 0 Å². The molecule has 0 spiro atoms. The molecule has 0 radical (unpaired) electrons. The van der Waals surface area contributed by atoms with Gasteiger partial charge in [-0.05, 0) is 19.1 Å². The fourth-order valence-electron chi connectivity index (χ4n) is 0.953. The Kier molecular flexibility index (Phi) is 10.3. The smallest absolute Gasteiger partial charge is 0.545 e. The molecular weight excluding hydrogens is 254 g/mol. The number of carbonyl (C=O) groups excluding carboxylic acids is 2. The molecule has 0 bridgehead atoms. The summed E-state index contributed by atoms with van der Waals surface area (Å²) >= 11 is 0. The third kappa shape index (κ3) is 18.7. The molecule has 110 valence electrons. The fourth-order valence-corrected chi connectivity index (χ4v) is 0.953. The number of nitrogens with zero attached hydrogens (tertiary/aromatic N) is 1. The van der Waals surface area contributed by atoms with Crippen LogP contribution in [-0.2, 0) is 14.4 Å². The van der Waals surface area contributed by atoms with Gasteiger partial charge >= 0.3 is 7.40 Å². The number of carbonyl (C=O) groups is 3. The van der Waals surface area contributed by atoms with Crippen LogP contribution < -0.4 is 10.2 Å². The summed E-state index contributed by atoms with van der Waals surface area (Å²) < 4.78 is 0.910. The second-order valence-electron chi connectivity index (χ2n) is 4.44.